The Morgan fingerprint density at radius 1 is 1.47 bits per heavy atom. The van der Waals surface area contributed by atoms with E-state index in [4.69, 9.17) is 21.7 Å². The third kappa shape index (κ3) is 1.71. The van der Waals surface area contributed by atoms with Crippen LogP contribution in [0, 0.1) is 11.7 Å². The van der Waals surface area contributed by atoms with E-state index in [1.54, 1.807) is 19.1 Å². The minimum absolute atomic E-state index is 0.00866. The summed E-state index contributed by atoms with van der Waals surface area (Å²) in [4.78, 5) is 16.2. The second-order valence-corrected chi connectivity index (χ2v) is 3.45. The van der Waals surface area contributed by atoms with E-state index in [2.05, 4.69) is 9.97 Å². The number of nitrogens with one attached hydrogen (secondary N) is 2. The fourth-order valence-electron chi connectivity index (χ4n) is 1.30. The largest absolute Gasteiger partial charge is 0.477 e. The van der Waals surface area contributed by atoms with Crippen LogP contribution in [-0.2, 0) is 0 Å². The highest BCUT2D eigenvalue weighted by Gasteiger charge is 2.16. The van der Waals surface area contributed by atoms with E-state index in [1.807, 2.05) is 0 Å². The number of hydrogen-bond donors (Lipinski definition) is 3. The van der Waals surface area contributed by atoms with Gasteiger partial charge in [0.15, 0.2) is 16.2 Å². The summed E-state index contributed by atoms with van der Waals surface area (Å²) < 4.78 is 5.57. The van der Waals surface area contributed by atoms with Gasteiger partial charge in [0.1, 0.15) is 11.5 Å². The third-order valence-electron chi connectivity index (χ3n) is 1.93. The first-order valence-electron chi connectivity index (χ1n) is 4.20. The molecule has 3 N–H and O–H groups in total. The van der Waals surface area contributed by atoms with Gasteiger partial charge in [0.25, 0.3) is 0 Å². The highest BCUT2D eigenvalue weighted by Crippen LogP contribution is 2.22. The number of aryl methyl sites for hydroxylation is 1. The summed E-state index contributed by atoms with van der Waals surface area (Å²) >= 11 is 4.83. The molecular weight excluding hydrogens is 216 g/mol. The van der Waals surface area contributed by atoms with Crippen molar-refractivity contribution >= 4 is 18.2 Å². The number of aromatic amines is 2. The van der Waals surface area contributed by atoms with Crippen LogP contribution in [0.5, 0.6) is 0 Å². The molecule has 2 aromatic heterocycles. The number of carboxylic acids is 1. The molecule has 0 fully saturated rings. The summed E-state index contributed by atoms with van der Waals surface area (Å²) in [7, 11) is 0. The monoisotopic (exact) mass is 224 g/mol. The summed E-state index contributed by atoms with van der Waals surface area (Å²) in [6.07, 6.45) is 0. The molecule has 2 aromatic rings. The Morgan fingerprint density at radius 3 is 2.73 bits per heavy atom. The topological polar surface area (TPSA) is 82.0 Å². The van der Waals surface area contributed by atoms with Crippen LogP contribution in [0.3, 0.4) is 0 Å². The summed E-state index contributed by atoms with van der Waals surface area (Å²) in [6, 6.07) is 3.45. The van der Waals surface area contributed by atoms with Crippen LogP contribution < -0.4 is 0 Å². The molecule has 15 heavy (non-hydrogen) atoms. The molecule has 0 aliphatic rings. The van der Waals surface area contributed by atoms with E-state index < -0.39 is 5.97 Å². The van der Waals surface area contributed by atoms with Crippen LogP contribution >= 0.6 is 12.2 Å². The van der Waals surface area contributed by atoms with Crippen LogP contribution in [0.25, 0.3) is 11.5 Å². The van der Waals surface area contributed by atoms with Crippen molar-refractivity contribution in [2.24, 2.45) is 0 Å². The van der Waals surface area contributed by atoms with Gasteiger partial charge in [-0.15, -0.1) is 0 Å². The van der Waals surface area contributed by atoms with Crippen LogP contribution in [0.2, 0.25) is 0 Å². The van der Waals surface area contributed by atoms with Gasteiger partial charge in [-0.25, -0.2) is 4.79 Å². The lowest BCUT2D eigenvalue weighted by Crippen LogP contribution is -1.98. The van der Waals surface area contributed by atoms with Gasteiger partial charge in [-0.3, -0.25) is 0 Å². The normalized spacial score (nSPS) is 10.5. The zero-order valence-electron chi connectivity index (χ0n) is 7.83. The van der Waals surface area contributed by atoms with E-state index in [0.29, 0.717) is 17.2 Å². The molecule has 0 bridgehead atoms. The summed E-state index contributed by atoms with van der Waals surface area (Å²) in [5.74, 6) is 0.0884. The molecule has 2 heterocycles. The van der Waals surface area contributed by atoms with Crippen molar-refractivity contribution in [2.45, 2.75) is 6.92 Å². The maximum Gasteiger partial charge on any atom is 0.354 e. The number of rotatable bonds is 2. The molecule has 0 aliphatic carbocycles. The zero-order valence-corrected chi connectivity index (χ0v) is 8.64. The van der Waals surface area contributed by atoms with Crippen LogP contribution in [-0.4, -0.2) is 21.0 Å². The molecule has 0 unspecified atom stereocenters. The van der Waals surface area contributed by atoms with Crippen molar-refractivity contribution < 1.29 is 14.3 Å². The SMILES string of the molecule is Cc1ccc(-c2[nH]c(=S)[nH]c2C(=O)O)o1. The van der Waals surface area contributed by atoms with Crippen molar-refractivity contribution in [2.75, 3.05) is 0 Å². The van der Waals surface area contributed by atoms with Crippen molar-refractivity contribution in [3.8, 4) is 11.5 Å². The van der Waals surface area contributed by atoms with Crippen molar-refractivity contribution in [3.05, 3.63) is 28.4 Å². The van der Waals surface area contributed by atoms with E-state index >= 15 is 0 Å². The van der Waals surface area contributed by atoms with Gasteiger partial charge < -0.3 is 19.5 Å². The lowest BCUT2D eigenvalue weighted by molar-refractivity contribution is 0.0691. The molecule has 0 spiro atoms. The predicted octanol–water partition coefficient (Wildman–Crippen LogP) is 2.34. The molecular formula is C9H8N2O3S. The Morgan fingerprint density at radius 2 is 2.20 bits per heavy atom. The summed E-state index contributed by atoms with van der Waals surface area (Å²) in [6.45, 7) is 1.78. The maximum absolute atomic E-state index is 10.9. The molecule has 6 heteroatoms. The number of hydrogen-bond acceptors (Lipinski definition) is 3. The van der Waals surface area contributed by atoms with Gasteiger partial charge in [-0.2, -0.15) is 0 Å². The molecule has 2 rings (SSSR count). The standard InChI is InChI=1S/C9H8N2O3S/c1-4-2-3-5(14-4)6-7(8(12)13)11-9(15)10-6/h2-3H,1H3,(H,12,13)(H2,10,11,15). The minimum atomic E-state index is -1.08. The van der Waals surface area contributed by atoms with E-state index in [1.165, 1.54) is 0 Å². The Kier molecular flexibility index (Phi) is 2.20. The fraction of sp³-hybridized carbons (Fsp3) is 0.111. The molecule has 78 valence electrons. The Bertz CT molecular complexity index is 564. The first-order chi connectivity index (χ1) is 7.08. The fourth-order valence-corrected chi connectivity index (χ4v) is 1.50. The van der Waals surface area contributed by atoms with Crippen LogP contribution in [0.1, 0.15) is 16.2 Å². The van der Waals surface area contributed by atoms with Gasteiger partial charge in [0.05, 0.1) is 0 Å². The molecule has 5 nitrogen and oxygen atoms in total. The van der Waals surface area contributed by atoms with Crippen LogP contribution in [0.4, 0.5) is 0 Å². The van der Waals surface area contributed by atoms with Gasteiger partial charge in [-0.1, -0.05) is 0 Å². The number of imidazole rings is 1. The molecule has 0 saturated carbocycles. The zero-order chi connectivity index (χ0) is 11.0. The third-order valence-corrected chi connectivity index (χ3v) is 2.13. The Labute approximate surface area is 89.8 Å². The lowest BCUT2D eigenvalue weighted by atomic mass is 10.2. The Hall–Kier alpha value is -1.82. The molecule has 0 radical (unpaired) electrons. The molecule has 0 saturated heterocycles. The number of aromatic carboxylic acids is 1. The van der Waals surface area contributed by atoms with Crippen LogP contribution in [0.15, 0.2) is 16.5 Å². The van der Waals surface area contributed by atoms with Gasteiger partial charge in [-0.05, 0) is 31.3 Å². The predicted molar refractivity (Wildman–Crippen MR) is 55.4 cm³/mol. The number of H-pyrrole nitrogens is 2. The highest BCUT2D eigenvalue weighted by atomic mass is 32.1. The maximum atomic E-state index is 10.9. The van der Waals surface area contributed by atoms with E-state index in [0.717, 1.165) is 0 Å². The number of aromatic nitrogens is 2. The molecule has 0 aliphatic heterocycles. The average Bonchev–Trinajstić information content (AvgIpc) is 2.71. The number of carboxylic acid groups (broad SMARTS) is 1. The van der Waals surface area contributed by atoms with Crippen molar-refractivity contribution in [3.63, 3.8) is 0 Å². The minimum Gasteiger partial charge on any atom is -0.477 e. The molecule has 0 aromatic carbocycles. The van der Waals surface area contributed by atoms with Crippen molar-refractivity contribution in [1.29, 1.82) is 0 Å². The second kappa shape index (κ2) is 3.39. The number of carbonyl (C=O) groups is 1. The van der Waals surface area contributed by atoms with E-state index in [-0.39, 0.29) is 10.5 Å². The highest BCUT2D eigenvalue weighted by molar-refractivity contribution is 7.71. The molecule has 0 amide bonds. The summed E-state index contributed by atoms with van der Waals surface area (Å²) in [5.41, 5.74) is 0.370. The lowest BCUT2D eigenvalue weighted by Gasteiger charge is -1.94. The molecule has 0 atom stereocenters. The Balaban J connectivity index is 2.61. The first-order valence-corrected chi connectivity index (χ1v) is 4.61. The second-order valence-electron chi connectivity index (χ2n) is 3.04. The first kappa shape index (κ1) is 9.72. The van der Waals surface area contributed by atoms with E-state index in [9.17, 15) is 4.79 Å². The van der Waals surface area contributed by atoms with Gasteiger partial charge >= 0.3 is 5.97 Å². The average molecular weight is 224 g/mol. The van der Waals surface area contributed by atoms with Gasteiger partial charge in [0, 0.05) is 0 Å². The van der Waals surface area contributed by atoms with Crippen molar-refractivity contribution in [1.82, 2.24) is 9.97 Å². The van der Waals surface area contributed by atoms with Gasteiger partial charge in [0.2, 0.25) is 0 Å². The summed E-state index contributed by atoms with van der Waals surface area (Å²) in [5, 5.41) is 8.91. The quantitative estimate of drug-likeness (QED) is 0.684. The number of furan rings is 1. The smallest absolute Gasteiger partial charge is 0.354 e.